The van der Waals surface area contributed by atoms with Crippen LogP contribution in [0.2, 0.25) is 0 Å². The average Bonchev–Trinajstić information content (AvgIpc) is 2.59. The first-order chi connectivity index (χ1) is 11.9. The standard InChI is InChI=1S/C21H12F4/c22-20-9-8-16(12-19(20)21(23,24)25)17-7-3-6-15-10-13-4-1-2-5-14(13)11-18(15)17/h1-12H. The zero-order valence-electron chi connectivity index (χ0n) is 12.9. The Labute approximate surface area is 141 Å². The van der Waals surface area contributed by atoms with E-state index < -0.39 is 17.6 Å². The van der Waals surface area contributed by atoms with Gasteiger partial charge in [0.15, 0.2) is 0 Å². The number of rotatable bonds is 1. The van der Waals surface area contributed by atoms with E-state index in [2.05, 4.69) is 0 Å². The smallest absolute Gasteiger partial charge is 0.206 e. The highest BCUT2D eigenvalue weighted by molar-refractivity contribution is 6.04. The molecule has 124 valence electrons. The van der Waals surface area contributed by atoms with Crippen molar-refractivity contribution in [2.45, 2.75) is 6.18 Å². The summed E-state index contributed by atoms with van der Waals surface area (Å²) in [7, 11) is 0. The topological polar surface area (TPSA) is 0 Å². The summed E-state index contributed by atoms with van der Waals surface area (Å²) < 4.78 is 52.7. The molecule has 0 unspecified atom stereocenters. The van der Waals surface area contributed by atoms with Gasteiger partial charge in [0.2, 0.25) is 0 Å². The summed E-state index contributed by atoms with van der Waals surface area (Å²) in [5, 5.41) is 3.82. The fourth-order valence-corrected chi connectivity index (χ4v) is 3.13. The number of alkyl halides is 3. The Morgan fingerprint density at radius 3 is 2.04 bits per heavy atom. The van der Waals surface area contributed by atoms with Crippen molar-refractivity contribution >= 4 is 21.5 Å². The Bertz CT molecular complexity index is 1090. The van der Waals surface area contributed by atoms with Crippen molar-refractivity contribution in [1.29, 1.82) is 0 Å². The minimum atomic E-state index is -4.72. The molecule has 0 bridgehead atoms. The second kappa shape index (κ2) is 5.59. The minimum absolute atomic E-state index is 0.342. The van der Waals surface area contributed by atoms with Gasteiger partial charge < -0.3 is 0 Å². The fraction of sp³-hybridized carbons (Fsp3) is 0.0476. The lowest BCUT2D eigenvalue weighted by Gasteiger charge is -2.12. The molecular formula is C21H12F4. The van der Waals surface area contributed by atoms with Crippen molar-refractivity contribution in [2.24, 2.45) is 0 Å². The van der Waals surface area contributed by atoms with Crippen LogP contribution in [0.15, 0.2) is 72.8 Å². The third-order valence-corrected chi connectivity index (χ3v) is 4.33. The van der Waals surface area contributed by atoms with Crippen molar-refractivity contribution in [3.63, 3.8) is 0 Å². The molecule has 0 radical (unpaired) electrons. The van der Waals surface area contributed by atoms with Crippen molar-refractivity contribution in [3.05, 3.63) is 84.2 Å². The first-order valence-corrected chi connectivity index (χ1v) is 7.72. The monoisotopic (exact) mass is 340 g/mol. The Hall–Kier alpha value is -2.88. The summed E-state index contributed by atoms with van der Waals surface area (Å²) in [5.74, 6) is -1.26. The number of hydrogen-bond acceptors (Lipinski definition) is 0. The van der Waals surface area contributed by atoms with E-state index in [1.165, 1.54) is 6.07 Å². The van der Waals surface area contributed by atoms with Crippen LogP contribution in [0.25, 0.3) is 32.7 Å². The molecular weight excluding hydrogens is 328 g/mol. The quantitative estimate of drug-likeness (QED) is 0.263. The zero-order chi connectivity index (χ0) is 17.6. The number of fused-ring (bicyclic) bond motifs is 2. The van der Waals surface area contributed by atoms with Gasteiger partial charge in [0.1, 0.15) is 5.82 Å². The van der Waals surface area contributed by atoms with Gasteiger partial charge in [-0.3, -0.25) is 0 Å². The molecule has 0 N–H and O–H groups in total. The van der Waals surface area contributed by atoms with E-state index in [9.17, 15) is 17.6 Å². The molecule has 4 rings (SSSR count). The second-order valence-corrected chi connectivity index (χ2v) is 5.92. The normalized spacial score (nSPS) is 12.0. The SMILES string of the molecule is Fc1ccc(-c2cccc3cc4ccccc4cc23)cc1C(F)(F)F. The van der Waals surface area contributed by atoms with Crippen LogP contribution in [0, 0.1) is 5.82 Å². The summed E-state index contributed by atoms with van der Waals surface area (Å²) >= 11 is 0. The Morgan fingerprint density at radius 1 is 0.640 bits per heavy atom. The Kier molecular flexibility index (Phi) is 3.49. The van der Waals surface area contributed by atoms with E-state index in [1.54, 1.807) is 12.1 Å². The lowest BCUT2D eigenvalue weighted by Crippen LogP contribution is -2.08. The van der Waals surface area contributed by atoms with Gasteiger partial charge in [0, 0.05) is 0 Å². The average molecular weight is 340 g/mol. The van der Waals surface area contributed by atoms with E-state index in [-0.39, 0.29) is 0 Å². The molecule has 0 atom stereocenters. The molecule has 4 heteroatoms. The predicted molar refractivity (Wildman–Crippen MR) is 91.9 cm³/mol. The molecule has 0 aliphatic heterocycles. The van der Waals surface area contributed by atoms with Crippen molar-refractivity contribution in [3.8, 4) is 11.1 Å². The van der Waals surface area contributed by atoms with Crippen LogP contribution in [0.4, 0.5) is 17.6 Å². The molecule has 0 fully saturated rings. The van der Waals surface area contributed by atoms with Gasteiger partial charge >= 0.3 is 6.18 Å². The van der Waals surface area contributed by atoms with Crippen molar-refractivity contribution in [2.75, 3.05) is 0 Å². The summed E-state index contributed by atoms with van der Waals surface area (Å²) in [6, 6.07) is 20.3. The van der Waals surface area contributed by atoms with Gasteiger partial charge in [-0.15, -0.1) is 0 Å². The maximum atomic E-state index is 13.6. The molecule has 0 spiro atoms. The lowest BCUT2D eigenvalue weighted by molar-refractivity contribution is -0.139. The van der Waals surface area contributed by atoms with Crippen LogP contribution < -0.4 is 0 Å². The number of hydrogen-bond donors (Lipinski definition) is 0. The van der Waals surface area contributed by atoms with Crippen LogP contribution >= 0.6 is 0 Å². The minimum Gasteiger partial charge on any atom is -0.206 e. The van der Waals surface area contributed by atoms with E-state index in [1.807, 2.05) is 42.5 Å². The van der Waals surface area contributed by atoms with E-state index in [0.29, 0.717) is 11.1 Å². The van der Waals surface area contributed by atoms with Gasteiger partial charge in [0.05, 0.1) is 5.56 Å². The second-order valence-electron chi connectivity index (χ2n) is 5.92. The molecule has 4 aromatic rings. The fourth-order valence-electron chi connectivity index (χ4n) is 3.13. The van der Waals surface area contributed by atoms with E-state index >= 15 is 0 Å². The van der Waals surface area contributed by atoms with Gasteiger partial charge in [-0.05, 0) is 56.9 Å². The van der Waals surface area contributed by atoms with Crippen LogP contribution in [0.5, 0.6) is 0 Å². The van der Waals surface area contributed by atoms with E-state index in [4.69, 9.17) is 0 Å². The van der Waals surface area contributed by atoms with Crippen LogP contribution in [0.1, 0.15) is 5.56 Å². The maximum absolute atomic E-state index is 13.6. The Balaban J connectivity index is 2.00. The van der Waals surface area contributed by atoms with Gasteiger partial charge in [-0.1, -0.05) is 48.5 Å². The molecule has 0 heterocycles. The summed E-state index contributed by atoms with van der Waals surface area (Å²) in [6.07, 6.45) is -4.72. The van der Waals surface area contributed by atoms with Crippen molar-refractivity contribution < 1.29 is 17.6 Å². The van der Waals surface area contributed by atoms with Crippen LogP contribution in [-0.4, -0.2) is 0 Å². The number of halogens is 4. The van der Waals surface area contributed by atoms with Gasteiger partial charge in [-0.2, -0.15) is 13.2 Å². The van der Waals surface area contributed by atoms with Gasteiger partial charge in [-0.25, -0.2) is 4.39 Å². The molecule has 0 amide bonds. The third-order valence-electron chi connectivity index (χ3n) is 4.33. The largest absolute Gasteiger partial charge is 0.419 e. The third kappa shape index (κ3) is 2.74. The molecule has 0 aromatic heterocycles. The first-order valence-electron chi connectivity index (χ1n) is 7.72. The summed E-state index contributed by atoms with van der Waals surface area (Å²) in [4.78, 5) is 0. The predicted octanol–water partition coefficient (Wildman–Crippen LogP) is 6.82. The van der Waals surface area contributed by atoms with Crippen molar-refractivity contribution in [1.82, 2.24) is 0 Å². The lowest BCUT2D eigenvalue weighted by atomic mass is 9.94. The highest BCUT2D eigenvalue weighted by Crippen LogP contribution is 2.37. The molecule has 0 nitrogen and oxygen atoms in total. The summed E-state index contributed by atoms with van der Waals surface area (Å²) in [5.41, 5.74) is -0.258. The van der Waals surface area contributed by atoms with Crippen LogP contribution in [-0.2, 0) is 6.18 Å². The highest BCUT2D eigenvalue weighted by atomic mass is 19.4. The molecule has 0 aliphatic rings. The molecule has 25 heavy (non-hydrogen) atoms. The molecule has 0 aliphatic carbocycles. The van der Waals surface area contributed by atoms with E-state index in [0.717, 1.165) is 33.7 Å². The Morgan fingerprint density at radius 2 is 1.32 bits per heavy atom. The zero-order valence-corrected chi connectivity index (χ0v) is 12.9. The molecule has 0 saturated carbocycles. The molecule has 0 saturated heterocycles. The number of benzene rings is 4. The van der Waals surface area contributed by atoms with Crippen LogP contribution in [0.3, 0.4) is 0 Å². The summed E-state index contributed by atoms with van der Waals surface area (Å²) in [6.45, 7) is 0. The first kappa shape index (κ1) is 15.6. The van der Waals surface area contributed by atoms with Gasteiger partial charge in [0.25, 0.3) is 0 Å². The highest BCUT2D eigenvalue weighted by Gasteiger charge is 2.34. The maximum Gasteiger partial charge on any atom is 0.419 e. The molecule has 4 aromatic carbocycles.